The van der Waals surface area contributed by atoms with Gasteiger partial charge in [-0.1, -0.05) is 59.7 Å². The van der Waals surface area contributed by atoms with Gasteiger partial charge in [0, 0.05) is 11.8 Å². The van der Waals surface area contributed by atoms with Gasteiger partial charge < -0.3 is 4.90 Å². The van der Waals surface area contributed by atoms with Crippen molar-refractivity contribution in [2.45, 2.75) is 39.8 Å². The van der Waals surface area contributed by atoms with Crippen molar-refractivity contribution in [1.29, 1.82) is 0 Å². The summed E-state index contributed by atoms with van der Waals surface area (Å²) in [7, 11) is 0. The lowest BCUT2D eigenvalue weighted by Gasteiger charge is -2.31. The zero-order valence-electron chi connectivity index (χ0n) is 14.3. The van der Waals surface area contributed by atoms with E-state index in [1.165, 1.54) is 39.0 Å². The highest BCUT2D eigenvalue weighted by Gasteiger charge is 2.35. The van der Waals surface area contributed by atoms with Crippen LogP contribution in [-0.4, -0.2) is 4.90 Å². The van der Waals surface area contributed by atoms with Crippen molar-refractivity contribution in [1.82, 2.24) is 4.90 Å². The van der Waals surface area contributed by atoms with Crippen molar-refractivity contribution in [3.05, 3.63) is 88.1 Å². The molecule has 0 fully saturated rings. The number of hydrogen-bond donors (Lipinski definition) is 0. The number of nitrogens with zero attached hydrogens (tertiary/aromatic N) is 1. The van der Waals surface area contributed by atoms with Gasteiger partial charge >= 0.3 is 0 Å². The molecule has 0 amide bonds. The summed E-state index contributed by atoms with van der Waals surface area (Å²) in [5.74, 6) is 0. The second kappa shape index (κ2) is 5.13. The maximum Gasteiger partial charge on any atom is 0.0736 e. The highest BCUT2D eigenvalue weighted by atomic mass is 15.2. The molecule has 2 aromatic rings. The molecule has 0 saturated carbocycles. The van der Waals surface area contributed by atoms with Gasteiger partial charge in [0.25, 0.3) is 0 Å². The zero-order chi connectivity index (χ0) is 16.1. The fourth-order valence-electron chi connectivity index (χ4n) is 3.95. The van der Waals surface area contributed by atoms with Gasteiger partial charge in [-0.15, -0.1) is 0 Å². The highest BCUT2D eigenvalue weighted by molar-refractivity contribution is 5.80. The molecule has 2 aliphatic rings. The predicted molar refractivity (Wildman–Crippen MR) is 97.1 cm³/mol. The molecule has 0 aromatic heterocycles. The molecule has 1 nitrogen and oxygen atoms in total. The van der Waals surface area contributed by atoms with Crippen LogP contribution in [0.15, 0.2) is 60.3 Å². The van der Waals surface area contributed by atoms with Crippen LogP contribution in [0.3, 0.4) is 0 Å². The van der Waals surface area contributed by atoms with Crippen LogP contribution in [0.4, 0.5) is 0 Å². The maximum absolute atomic E-state index is 2.51. The summed E-state index contributed by atoms with van der Waals surface area (Å²) >= 11 is 0. The fourth-order valence-corrected chi connectivity index (χ4v) is 3.95. The first-order valence-corrected chi connectivity index (χ1v) is 8.40. The molecular weight excluding hydrogens is 278 g/mol. The van der Waals surface area contributed by atoms with Gasteiger partial charge in [-0.3, -0.25) is 0 Å². The van der Waals surface area contributed by atoms with Gasteiger partial charge in [0.1, 0.15) is 0 Å². The van der Waals surface area contributed by atoms with E-state index in [2.05, 4.69) is 87.3 Å². The van der Waals surface area contributed by atoms with E-state index in [4.69, 9.17) is 0 Å². The van der Waals surface area contributed by atoms with E-state index in [0.29, 0.717) is 12.1 Å². The molecule has 0 bridgehead atoms. The summed E-state index contributed by atoms with van der Waals surface area (Å²) < 4.78 is 0. The van der Waals surface area contributed by atoms with Crippen LogP contribution in [-0.2, 0) is 0 Å². The average molecular weight is 301 g/mol. The minimum atomic E-state index is 0.383. The van der Waals surface area contributed by atoms with E-state index < -0.39 is 0 Å². The Morgan fingerprint density at radius 2 is 1.65 bits per heavy atom. The third kappa shape index (κ3) is 2.23. The normalized spacial score (nSPS) is 22.3. The Bertz CT molecular complexity index is 841. The quantitative estimate of drug-likeness (QED) is 0.651. The zero-order valence-corrected chi connectivity index (χ0v) is 14.3. The number of hydrogen-bond acceptors (Lipinski definition) is 1. The summed E-state index contributed by atoms with van der Waals surface area (Å²) in [5.41, 5.74) is 9.63. The molecule has 116 valence electrons. The molecule has 0 saturated heterocycles. The standard InChI is InChI=1S/C22H23N/c1-14-6-5-7-18(10-14)21-13-23-17(4)19-9-8-15(2)11-20(19)22(23)12-16(21)3/h5-13,17,22H,1-4H3/t17-,22?/m1/s1. The van der Waals surface area contributed by atoms with Gasteiger partial charge in [-0.05, 0) is 50.0 Å². The molecule has 2 aromatic carbocycles. The maximum atomic E-state index is 2.51. The van der Waals surface area contributed by atoms with Crippen LogP contribution in [0, 0.1) is 13.8 Å². The smallest absolute Gasteiger partial charge is 0.0736 e. The number of rotatable bonds is 1. The number of benzene rings is 2. The summed E-state index contributed by atoms with van der Waals surface area (Å²) in [6.07, 6.45) is 4.80. The van der Waals surface area contributed by atoms with Crippen LogP contribution in [0.5, 0.6) is 0 Å². The van der Waals surface area contributed by atoms with Crippen molar-refractivity contribution in [2.75, 3.05) is 0 Å². The van der Waals surface area contributed by atoms with E-state index in [0.717, 1.165) is 0 Å². The lowest BCUT2D eigenvalue weighted by Crippen LogP contribution is -2.21. The van der Waals surface area contributed by atoms with Crippen LogP contribution in [0.1, 0.15) is 53.7 Å². The first-order valence-electron chi connectivity index (χ1n) is 8.40. The second-order valence-electron chi connectivity index (χ2n) is 6.96. The minimum Gasteiger partial charge on any atom is -0.360 e. The largest absolute Gasteiger partial charge is 0.360 e. The molecule has 0 radical (unpaired) electrons. The Morgan fingerprint density at radius 1 is 0.870 bits per heavy atom. The Balaban J connectivity index is 1.81. The van der Waals surface area contributed by atoms with Crippen LogP contribution in [0.2, 0.25) is 0 Å². The first-order chi connectivity index (χ1) is 11.0. The van der Waals surface area contributed by atoms with Crippen molar-refractivity contribution in [2.24, 2.45) is 0 Å². The van der Waals surface area contributed by atoms with Gasteiger partial charge in [-0.2, -0.15) is 0 Å². The fraction of sp³-hybridized carbons (Fsp3) is 0.273. The molecule has 2 atom stereocenters. The SMILES string of the molecule is CC1=CC2c3cc(C)ccc3[C@@H](C)N2C=C1c1cccc(C)c1. The third-order valence-electron chi connectivity index (χ3n) is 5.22. The molecule has 4 rings (SSSR count). The van der Waals surface area contributed by atoms with Crippen molar-refractivity contribution in [3.63, 3.8) is 0 Å². The van der Waals surface area contributed by atoms with Gasteiger partial charge in [-0.25, -0.2) is 0 Å². The van der Waals surface area contributed by atoms with Crippen LogP contribution in [0.25, 0.3) is 5.57 Å². The van der Waals surface area contributed by atoms with Crippen LogP contribution < -0.4 is 0 Å². The van der Waals surface area contributed by atoms with Gasteiger partial charge in [0.2, 0.25) is 0 Å². The van der Waals surface area contributed by atoms with E-state index in [1.807, 2.05) is 0 Å². The summed E-state index contributed by atoms with van der Waals surface area (Å²) in [4.78, 5) is 2.51. The van der Waals surface area contributed by atoms with Gasteiger partial charge in [0.15, 0.2) is 0 Å². The van der Waals surface area contributed by atoms with Crippen molar-refractivity contribution in [3.8, 4) is 0 Å². The average Bonchev–Trinajstić information content (AvgIpc) is 2.78. The Hall–Kier alpha value is -2.28. The van der Waals surface area contributed by atoms with E-state index in [-0.39, 0.29) is 0 Å². The predicted octanol–water partition coefficient (Wildman–Crippen LogP) is 5.72. The summed E-state index contributed by atoms with van der Waals surface area (Å²) in [6, 6.07) is 16.5. The summed E-state index contributed by atoms with van der Waals surface area (Å²) in [5, 5.41) is 0. The number of aryl methyl sites for hydroxylation is 2. The molecule has 0 N–H and O–H groups in total. The van der Waals surface area contributed by atoms with Crippen molar-refractivity contribution < 1.29 is 0 Å². The Kier molecular flexibility index (Phi) is 3.19. The molecule has 1 heteroatoms. The minimum absolute atomic E-state index is 0.383. The molecule has 2 aliphatic heterocycles. The lowest BCUT2D eigenvalue weighted by atomic mass is 9.92. The monoisotopic (exact) mass is 301 g/mol. The van der Waals surface area contributed by atoms with E-state index in [9.17, 15) is 0 Å². The number of allylic oxidation sites excluding steroid dienone is 2. The molecule has 0 aliphatic carbocycles. The van der Waals surface area contributed by atoms with Crippen molar-refractivity contribution >= 4 is 5.57 Å². The van der Waals surface area contributed by atoms with Crippen LogP contribution >= 0.6 is 0 Å². The highest BCUT2D eigenvalue weighted by Crippen LogP contribution is 2.47. The lowest BCUT2D eigenvalue weighted by molar-refractivity contribution is 0.288. The van der Waals surface area contributed by atoms with E-state index >= 15 is 0 Å². The molecule has 0 spiro atoms. The van der Waals surface area contributed by atoms with Gasteiger partial charge in [0.05, 0.1) is 12.1 Å². The second-order valence-corrected chi connectivity index (χ2v) is 6.96. The molecule has 2 heterocycles. The topological polar surface area (TPSA) is 3.24 Å². The van der Waals surface area contributed by atoms with E-state index in [1.54, 1.807) is 0 Å². The Morgan fingerprint density at radius 3 is 2.43 bits per heavy atom. The molecule has 1 unspecified atom stereocenters. The first kappa shape index (κ1) is 14.3. The number of fused-ring (bicyclic) bond motifs is 3. The third-order valence-corrected chi connectivity index (χ3v) is 5.22. The molecular formula is C22H23N. The molecule has 23 heavy (non-hydrogen) atoms. The summed E-state index contributed by atoms with van der Waals surface area (Å²) in [6.45, 7) is 8.89. The Labute approximate surface area is 139 Å².